The lowest BCUT2D eigenvalue weighted by molar-refractivity contribution is 0.617. The number of pyridine rings is 1. The highest BCUT2D eigenvalue weighted by atomic mass is 35.5. The van der Waals surface area contributed by atoms with E-state index in [9.17, 15) is 4.39 Å². The van der Waals surface area contributed by atoms with Crippen molar-refractivity contribution in [3.63, 3.8) is 0 Å². The Morgan fingerprint density at radius 1 is 1.29 bits per heavy atom. The second kappa shape index (κ2) is 5.47. The molecule has 0 aliphatic rings. The van der Waals surface area contributed by atoms with Crippen LogP contribution in [0.15, 0.2) is 36.5 Å². The first kappa shape index (κ1) is 14.0. The first-order valence-electron chi connectivity index (χ1n) is 6.73. The lowest BCUT2D eigenvalue weighted by Crippen LogP contribution is -2.06. The second-order valence-corrected chi connectivity index (χ2v) is 5.39. The van der Waals surface area contributed by atoms with Gasteiger partial charge in [-0.1, -0.05) is 17.7 Å². The van der Waals surface area contributed by atoms with Crippen molar-refractivity contribution in [2.24, 2.45) is 5.73 Å². The molecule has 0 fully saturated rings. The molecule has 0 saturated heterocycles. The number of nitrogens with two attached hydrogens (primary N) is 1. The van der Waals surface area contributed by atoms with Crippen molar-refractivity contribution in [2.45, 2.75) is 13.3 Å². The number of hydrogen-bond acceptors (Lipinski definition) is 2. The monoisotopic (exact) mass is 303 g/mol. The van der Waals surface area contributed by atoms with Crippen molar-refractivity contribution in [3.05, 3.63) is 58.6 Å². The zero-order valence-corrected chi connectivity index (χ0v) is 12.4. The minimum absolute atomic E-state index is 0.294. The molecule has 2 heterocycles. The van der Waals surface area contributed by atoms with Gasteiger partial charge >= 0.3 is 0 Å². The Balaban J connectivity index is 2.25. The quantitative estimate of drug-likeness (QED) is 0.803. The van der Waals surface area contributed by atoms with Gasteiger partial charge in [0, 0.05) is 23.2 Å². The number of aryl methyl sites for hydroxylation is 1. The predicted octanol–water partition coefficient (Wildman–Crippen LogP) is 3.60. The molecule has 108 valence electrons. The molecule has 21 heavy (non-hydrogen) atoms. The summed E-state index contributed by atoms with van der Waals surface area (Å²) in [5.74, 6) is -0.294. The third kappa shape index (κ3) is 2.52. The van der Waals surface area contributed by atoms with Crippen LogP contribution in [0.4, 0.5) is 4.39 Å². The molecule has 0 spiro atoms. The fraction of sp³-hybridized carbons (Fsp3) is 0.188. The van der Waals surface area contributed by atoms with E-state index in [1.165, 1.54) is 12.3 Å². The van der Waals surface area contributed by atoms with E-state index in [-0.39, 0.29) is 5.82 Å². The van der Waals surface area contributed by atoms with E-state index in [0.717, 1.165) is 22.5 Å². The van der Waals surface area contributed by atoms with Gasteiger partial charge in [-0.3, -0.25) is 0 Å². The Labute approximate surface area is 127 Å². The molecule has 0 bridgehead atoms. The molecule has 5 heteroatoms. The molecule has 1 aromatic carbocycles. The smallest absolute Gasteiger partial charge is 0.139 e. The Hall–Kier alpha value is -1.91. The van der Waals surface area contributed by atoms with Gasteiger partial charge in [-0.25, -0.2) is 9.37 Å². The third-order valence-corrected chi connectivity index (χ3v) is 3.92. The van der Waals surface area contributed by atoms with Gasteiger partial charge in [0.05, 0.1) is 11.4 Å². The van der Waals surface area contributed by atoms with Gasteiger partial charge in [-0.2, -0.15) is 0 Å². The zero-order chi connectivity index (χ0) is 15.0. The van der Waals surface area contributed by atoms with Crippen molar-refractivity contribution < 1.29 is 4.39 Å². The fourth-order valence-electron chi connectivity index (χ4n) is 2.47. The molecule has 3 nitrogen and oxygen atoms in total. The second-order valence-electron chi connectivity index (χ2n) is 4.99. The first-order valence-corrected chi connectivity index (χ1v) is 7.11. The van der Waals surface area contributed by atoms with Crippen molar-refractivity contribution in [1.82, 2.24) is 9.38 Å². The highest BCUT2D eigenvalue weighted by Gasteiger charge is 2.14. The zero-order valence-electron chi connectivity index (χ0n) is 11.6. The molecule has 0 unspecified atom stereocenters. The number of hydrogen-bond donors (Lipinski definition) is 1. The van der Waals surface area contributed by atoms with E-state index in [4.69, 9.17) is 17.3 Å². The summed E-state index contributed by atoms with van der Waals surface area (Å²) >= 11 is 6.07. The van der Waals surface area contributed by atoms with Gasteiger partial charge in [0.25, 0.3) is 0 Å². The largest absolute Gasteiger partial charge is 0.330 e. The number of nitrogens with zero attached hydrogens (tertiary/aromatic N) is 2. The highest BCUT2D eigenvalue weighted by Crippen LogP contribution is 2.28. The van der Waals surface area contributed by atoms with Crippen molar-refractivity contribution in [1.29, 1.82) is 0 Å². The summed E-state index contributed by atoms with van der Waals surface area (Å²) in [7, 11) is 0. The van der Waals surface area contributed by atoms with E-state index < -0.39 is 0 Å². The van der Waals surface area contributed by atoms with Crippen LogP contribution in [0, 0.1) is 12.7 Å². The van der Waals surface area contributed by atoms with Crippen molar-refractivity contribution >= 4 is 17.2 Å². The summed E-state index contributed by atoms with van der Waals surface area (Å²) in [5, 5.41) is 0.717. The lowest BCUT2D eigenvalue weighted by atomic mass is 10.1. The predicted molar refractivity (Wildman–Crippen MR) is 83.1 cm³/mol. The molecule has 0 amide bonds. The van der Waals surface area contributed by atoms with Crippen LogP contribution >= 0.6 is 11.6 Å². The maximum Gasteiger partial charge on any atom is 0.139 e. The standard InChI is InChI=1S/C16H15ClFN3/c1-10-8-11(2-4-13(10)17)16-14(6-7-19)21-9-12(18)3-5-15(21)20-16/h2-5,8-9H,6-7,19H2,1H3. The number of aromatic nitrogens is 2. The van der Waals surface area contributed by atoms with Gasteiger partial charge in [-0.05, 0) is 43.3 Å². The normalized spacial score (nSPS) is 11.2. The lowest BCUT2D eigenvalue weighted by Gasteiger charge is -2.05. The molecule has 3 aromatic rings. The van der Waals surface area contributed by atoms with Crippen LogP contribution in [0.5, 0.6) is 0 Å². The van der Waals surface area contributed by atoms with E-state index in [0.29, 0.717) is 23.6 Å². The summed E-state index contributed by atoms with van der Waals surface area (Å²) in [6.45, 7) is 2.42. The minimum atomic E-state index is -0.294. The van der Waals surface area contributed by atoms with Gasteiger partial charge < -0.3 is 10.1 Å². The number of benzene rings is 1. The highest BCUT2D eigenvalue weighted by molar-refractivity contribution is 6.31. The van der Waals surface area contributed by atoms with Crippen LogP contribution in [-0.4, -0.2) is 15.9 Å². The summed E-state index contributed by atoms with van der Waals surface area (Å²) in [6, 6.07) is 8.84. The molecular formula is C16H15ClFN3. The Kier molecular flexibility index (Phi) is 3.66. The molecule has 0 radical (unpaired) electrons. The fourth-order valence-corrected chi connectivity index (χ4v) is 2.58. The van der Waals surface area contributed by atoms with E-state index in [2.05, 4.69) is 4.98 Å². The van der Waals surface area contributed by atoms with Gasteiger partial charge in [0.2, 0.25) is 0 Å². The van der Waals surface area contributed by atoms with Crippen LogP contribution in [0.3, 0.4) is 0 Å². The number of rotatable bonds is 3. The molecule has 2 N–H and O–H groups in total. The van der Waals surface area contributed by atoms with Crippen LogP contribution in [0.2, 0.25) is 5.02 Å². The van der Waals surface area contributed by atoms with Crippen molar-refractivity contribution in [2.75, 3.05) is 6.54 Å². The van der Waals surface area contributed by atoms with Crippen LogP contribution in [0.1, 0.15) is 11.3 Å². The average Bonchev–Trinajstić information content (AvgIpc) is 2.81. The summed E-state index contributed by atoms with van der Waals surface area (Å²) < 4.78 is 15.3. The average molecular weight is 304 g/mol. The molecule has 0 atom stereocenters. The number of halogens is 2. The van der Waals surface area contributed by atoms with Crippen molar-refractivity contribution in [3.8, 4) is 11.3 Å². The summed E-state index contributed by atoms with van der Waals surface area (Å²) in [4.78, 5) is 4.61. The van der Waals surface area contributed by atoms with Gasteiger partial charge in [0.1, 0.15) is 11.5 Å². The molecule has 0 aliphatic heterocycles. The minimum Gasteiger partial charge on any atom is -0.330 e. The topological polar surface area (TPSA) is 43.3 Å². The van der Waals surface area contributed by atoms with Crippen LogP contribution < -0.4 is 5.73 Å². The van der Waals surface area contributed by atoms with E-state index in [1.54, 1.807) is 10.5 Å². The molecule has 2 aromatic heterocycles. The first-order chi connectivity index (χ1) is 10.1. The third-order valence-electron chi connectivity index (χ3n) is 3.49. The number of fused-ring (bicyclic) bond motifs is 1. The summed E-state index contributed by atoms with van der Waals surface area (Å²) in [5.41, 5.74) is 10.1. The van der Waals surface area contributed by atoms with Gasteiger partial charge in [-0.15, -0.1) is 0 Å². The molecule has 0 saturated carbocycles. The Morgan fingerprint density at radius 2 is 2.10 bits per heavy atom. The molecular weight excluding hydrogens is 289 g/mol. The van der Waals surface area contributed by atoms with Gasteiger partial charge in [0.15, 0.2) is 0 Å². The maximum atomic E-state index is 13.5. The SMILES string of the molecule is Cc1cc(-c2nc3ccc(F)cn3c2CCN)ccc1Cl. The van der Waals surface area contributed by atoms with E-state index in [1.807, 2.05) is 25.1 Å². The number of imidazole rings is 1. The summed E-state index contributed by atoms with van der Waals surface area (Å²) in [6.07, 6.45) is 2.07. The van der Waals surface area contributed by atoms with E-state index >= 15 is 0 Å². The molecule has 3 rings (SSSR count). The Bertz CT molecular complexity index is 811. The van der Waals surface area contributed by atoms with Crippen LogP contribution in [-0.2, 0) is 6.42 Å². The Morgan fingerprint density at radius 3 is 2.81 bits per heavy atom. The maximum absolute atomic E-state index is 13.5. The van der Waals surface area contributed by atoms with Crippen LogP contribution in [0.25, 0.3) is 16.9 Å². The molecule has 0 aliphatic carbocycles.